The molecular formula is C26H29ClN2O5. The fourth-order valence-electron chi connectivity index (χ4n) is 4.57. The third-order valence-electron chi connectivity index (χ3n) is 6.37. The number of methoxy groups -OCH3 is 1. The SMILES string of the molecule is COc1ccc(/C(O)=C2\C(=O)C(=O)N(CCCN3CCOCC3)[C@H]2c2ccc(Cl)cc2)cc1C. The molecule has 7 nitrogen and oxygen atoms in total. The molecule has 2 aliphatic heterocycles. The van der Waals surface area contributed by atoms with E-state index in [0.717, 1.165) is 30.8 Å². The van der Waals surface area contributed by atoms with Crippen LogP contribution in [0.1, 0.15) is 29.2 Å². The molecule has 0 radical (unpaired) electrons. The Hall–Kier alpha value is -2.87. The number of aliphatic hydroxyl groups excluding tert-OH is 1. The van der Waals surface area contributed by atoms with Crippen LogP contribution >= 0.6 is 11.6 Å². The second-order valence-corrected chi connectivity index (χ2v) is 8.97. The Balaban J connectivity index is 1.68. The highest BCUT2D eigenvalue weighted by atomic mass is 35.5. The zero-order valence-corrected chi connectivity index (χ0v) is 20.2. The number of likely N-dealkylation sites (tertiary alicyclic amines) is 1. The van der Waals surface area contributed by atoms with Gasteiger partial charge in [0, 0.05) is 36.8 Å². The first-order valence-electron chi connectivity index (χ1n) is 11.4. The summed E-state index contributed by atoms with van der Waals surface area (Å²) in [6.07, 6.45) is 0.707. The van der Waals surface area contributed by atoms with Gasteiger partial charge in [0.25, 0.3) is 11.7 Å². The lowest BCUT2D eigenvalue weighted by molar-refractivity contribution is -0.140. The lowest BCUT2D eigenvalue weighted by Crippen LogP contribution is -2.38. The molecule has 1 N–H and O–H groups in total. The van der Waals surface area contributed by atoms with Gasteiger partial charge in [-0.25, -0.2) is 0 Å². The number of hydrogen-bond donors (Lipinski definition) is 1. The van der Waals surface area contributed by atoms with E-state index >= 15 is 0 Å². The van der Waals surface area contributed by atoms with Crippen molar-refractivity contribution in [3.8, 4) is 5.75 Å². The molecule has 180 valence electrons. The smallest absolute Gasteiger partial charge is 0.295 e. The number of nitrogens with zero attached hydrogens (tertiary/aromatic N) is 2. The summed E-state index contributed by atoms with van der Waals surface area (Å²) in [5, 5.41) is 11.8. The number of ketones is 1. The van der Waals surface area contributed by atoms with E-state index in [9.17, 15) is 14.7 Å². The standard InChI is InChI=1S/C26H29ClN2O5/c1-17-16-19(6-9-21(17)33-2)24(30)22-23(18-4-7-20(27)8-5-18)29(26(32)25(22)31)11-3-10-28-12-14-34-15-13-28/h4-9,16,23,30H,3,10-15H2,1-2H3/b24-22+/t23-/m0/s1. The summed E-state index contributed by atoms with van der Waals surface area (Å²) in [6.45, 7) is 6.18. The Kier molecular flexibility index (Phi) is 7.56. The third-order valence-corrected chi connectivity index (χ3v) is 6.62. The molecule has 0 saturated carbocycles. The average molecular weight is 485 g/mol. The van der Waals surface area contributed by atoms with Gasteiger partial charge < -0.3 is 19.5 Å². The molecule has 2 aromatic rings. The van der Waals surface area contributed by atoms with Crippen molar-refractivity contribution in [1.29, 1.82) is 0 Å². The van der Waals surface area contributed by atoms with Crippen LogP contribution < -0.4 is 4.74 Å². The van der Waals surface area contributed by atoms with Gasteiger partial charge in [-0.3, -0.25) is 14.5 Å². The minimum Gasteiger partial charge on any atom is -0.507 e. The van der Waals surface area contributed by atoms with Gasteiger partial charge in [-0.05, 0) is 54.8 Å². The molecule has 0 spiro atoms. The van der Waals surface area contributed by atoms with E-state index in [4.69, 9.17) is 21.1 Å². The van der Waals surface area contributed by atoms with Crippen LogP contribution in [0.3, 0.4) is 0 Å². The monoisotopic (exact) mass is 484 g/mol. The summed E-state index contributed by atoms with van der Waals surface area (Å²) in [5.41, 5.74) is 2.09. The molecular weight excluding hydrogens is 456 g/mol. The molecule has 2 heterocycles. The van der Waals surface area contributed by atoms with E-state index in [-0.39, 0.29) is 11.3 Å². The van der Waals surface area contributed by atoms with Crippen LogP contribution in [0.4, 0.5) is 0 Å². The molecule has 4 rings (SSSR count). The summed E-state index contributed by atoms with van der Waals surface area (Å²) in [7, 11) is 1.57. The number of rotatable bonds is 7. The first-order valence-corrected chi connectivity index (χ1v) is 11.8. The number of halogens is 1. The minimum atomic E-state index is -0.690. The van der Waals surface area contributed by atoms with Crippen LogP contribution in [0.2, 0.25) is 5.02 Å². The zero-order valence-electron chi connectivity index (χ0n) is 19.4. The summed E-state index contributed by atoms with van der Waals surface area (Å²) < 4.78 is 10.7. The largest absolute Gasteiger partial charge is 0.507 e. The number of Topliss-reactive ketones (excluding diaryl/α,β-unsaturated/α-hetero) is 1. The summed E-state index contributed by atoms with van der Waals surface area (Å²) in [6, 6.07) is 11.5. The van der Waals surface area contributed by atoms with Gasteiger partial charge in [-0.2, -0.15) is 0 Å². The van der Waals surface area contributed by atoms with Gasteiger partial charge in [0.2, 0.25) is 0 Å². The van der Waals surface area contributed by atoms with E-state index in [1.165, 1.54) is 0 Å². The third kappa shape index (κ3) is 4.97. The molecule has 2 aromatic carbocycles. The Morgan fingerprint density at radius 1 is 1.12 bits per heavy atom. The quantitative estimate of drug-likeness (QED) is 0.366. The van der Waals surface area contributed by atoms with Gasteiger partial charge >= 0.3 is 0 Å². The first-order chi connectivity index (χ1) is 16.4. The maximum absolute atomic E-state index is 13.2. The van der Waals surface area contributed by atoms with Crippen LogP contribution in [-0.4, -0.2) is 73.1 Å². The van der Waals surface area contributed by atoms with Crippen molar-refractivity contribution in [2.24, 2.45) is 0 Å². The van der Waals surface area contributed by atoms with Crippen molar-refractivity contribution in [2.75, 3.05) is 46.5 Å². The van der Waals surface area contributed by atoms with E-state index in [0.29, 0.717) is 42.5 Å². The first kappa shape index (κ1) is 24.3. The molecule has 34 heavy (non-hydrogen) atoms. The number of amides is 1. The van der Waals surface area contributed by atoms with Gasteiger partial charge in [0.05, 0.1) is 31.9 Å². The van der Waals surface area contributed by atoms with Crippen LogP contribution in [0.5, 0.6) is 5.75 Å². The summed E-state index contributed by atoms with van der Waals surface area (Å²) in [5.74, 6) is -0.805. The summed E-state index contributed by atoms with van der Waals surface area (Å²) in [4.78, 5) is 30.1. The lowest BCUT2D eigenvalue weighted by Gasteiger charge is -2.29. The zero-order chi connectivity index (χ0) is 24.2. The van der Waals surface area contributed by atoms with E-state index < -0.39 is 17.7 Å². The molecule has 0 aliphatic carbocycles. The van der Waals surface area contributed by atoms with Gasteiger partial charge in [0.15, 0.2) is 0 Å². The lowest BCUT2D eigenvalue weighted by atomic mass is 9.94. The van der Waals surface area contributed by atoms with Crippen LogP contribution in [0.15, 0.2) is 48.0 Å². The second kappa shape index (κ2) is 10.6. The number of aliphatic hydroxyl groups is 1. The van der Waals surface area contributed by atoms with Crippen molar-refractivity contribution in [3.63, 3.8) is 0 Å². The van der Waals surface area contributed by atoms with Crippen molar-refractivity contribution in [1.82, 2.24) is 9.80 Å². The molecule has 2 aliphatic rings. The highest BCUT2D eigenvalue weighted by Crippen LogP contribution is 2.40. The fraction of sp³-hybridized carbons (Fsp3) is 0.385. The highest BCUT2D eigenvalue weighted by Gasteiger charge is 2.45. The molecule has 0 aromatic heterocycles. The second-order valence-electron chi connectivity index (χ2n) is 8.54. The van der Waals surface area contributed by atoms with Crippen LogP contribution in [0, 0.1) is 6.92 Å². The fourth-order valence-corrected chi connectivity index (χ4v) is 4.70. The number of benzene rings is 2. The Bertz CT molecular complexity index is 1090. The average Bonchev–Trinajstić information content (AvgIpc) is 3.09. The van der Waals surface area contributed by atoms with Crippen LogP contribution in [-0.2, 0) is 14.3 Å². The molecule has 8 heteroatoms. The number of hydrogen-bond acceptors (Lipinski definition) is 6. The molecule has 1 atom stereocenters. The van der Waals surface area contributed by atoms with Gasteiger partial charge in [-0.15, -0.1) is 0 Å². The number of morpholine rings is 1. The Labute approximate surface area is 204 Å². The number of carbonyl (C=O) groups excluding carboxylic acids is 2. The minimum absolute atomic E-state index is 0.0864. The topological polar surface area (TPSA) is 79.3 Å². The Morgan fingerprint density at radius 2 is 1.82 bits per heavy atom. The molecule has 2 saturated heterocycles. The van der Waals surface area contributed by atoms with Gasteiger partial charge in [0.1, 0.15) is 11.5 Å². The van der Waals surface area contributed by atoms with Crippen molar-refractivity contribution < 1.29 is 24.2 Å². The normalized spacial score (nSPS) is 20.7. The number of ether oxygens (including phenoxy) is 2. The van der Waals surface area contributed by atoms with Crippen molar-refractivity contribution >= 4 is 29.1 Å². The predicted molar refractivity (Wildman–Crippen MR) is 130 cm³/mol. The van der Waals surface area contributed by atoms with Gasteiger partial charge in [-0.1, -0.05) is 23.7 Å². The maximum Gasteiger partial charge on any atom is 0.295 e. The molecule has 1 amide bonds. The van der Waals surface area contributed by atoms with E-state index in [1.54, 1.807) is 54.5 Å². The number of aryl methyl sites for hydroxylation is 1. The van der Waals surface area contributed by atoms with Crippen LogP contribution in [0.25, 0.3) is 5.76 Å². The van der Waals surface area contributed by atoms with E-state index in [1.807, 2.05) is 6.92 Å². The molecule has 0 bridgehead atoms. The Morgan fingerprint density at radius 3 is 2.47 bits per heavy atom. The predicted octanol–water partition coefficient (Wildman–Crippen LogP) is 3.80. The highest BCUT2D eigenvalue weighted by molar-refractivity contribution is 6.46. The molecule has 0 unspecified atom stereocenters. The van der Waals surface area contributed by atoms with E-state index in [2.05, 4.69) is 4.90 Å². The summed E-state index contributed by atoms with van der Waals surface area (Å²) >= 11 is 6.09. The number of carbonyl (C=O) groups is 2. The van der Waals surface area contributed by atoms with Crippen molar-refractivity contribution in [2.45, 2.75) is 19.4 Å². The van der Waals surface area contributed by atoms with Crippen molar-refractivity contribution in [3.05, 3.63) is 69.8 Å². The maximum atomic E-state index is 13.2. The molecule has 2 fully saturated rings.